The highest BCUT2D eigenvalue weighted by molar-refractivity contribution is 5.93. The molecule has 0 spiro atoms. The molecule has 3 rings (SSSR count). The van der Waals surface area contributed by atoms with E-state index in [9.17, 15) is 14.0 Å². The number of carbonyl (C=O) groups is 1. The van der Waals surface area contributed by atoms with Gasteiger partial charge in [0.05, 0.1) is 11.6 Å². The van der Waals surface area contributed by atoms with Gasteiger partial charge in [0.1, 0.15) is 11.7 Å². The first kappa shape index (κ1) is 11.9. The lowest BCUT2D eigenvalue weighted by Crippen LogP contribution is -2.19. The van der Waals surface area contributed by atoms with Crippen molar-refractivity contribution in [2.45, 2.75) is 25.6 Å². The number of benzene rings is 1. The molecule has 0 saturated heterocycles. The number of hydrogen-bond acceptors (Lipinski definition) is 2. The van der Waals surface area contributed by atoms with Crippen molar-refractivity contribution in [2.24, 2.45) is 0 Å². The summed E-state index contributed by atoms with van der Waals surface area (Å²) in [6.07, 6.45) is 0.621. The van der Waals surface area contributed by atoms with Crippen molar-refractivity contribution in [1.82, 2.24) is 4.57 Å². The lowest BCUT2D eigenvalue weighted by Gasteiger charge is -2.13. The second kappa shape index (κ2) is 3.91. The van der Waals surface area contributed by atoms with Gasteiger partial charge < -0.3 is 9.67 Å². The molecule has 0 unspecified atom stereocenters. The number of aromatic nitrogens is 1. The van der Waals surface area contributed by atoms with Crippen molar-refractivity contribution in [2.75, 3.05) is 0 Å². The fourth-order valence-corrected chi connectivity index (χ4v) is 2.38. The van der Waals surface area contributed by atoms with Gasteiger partial charge in [0, 0.05) is 18.0 Å². The monoisotopic (exact) mass is 260 g/mol. The number of aromatic carboxylic acids is 1. The third-order valence-corrected chi connectivity index (χ3v) is 3.44. The number of hydrogen-bond donors (Lipinski definition) is 1. The summed E-state index contributed by atoms with van der Waals surface area (Å²) >= 11 is 0. The number of pyridine rings is 1. The minimum Gasteiger partial charge on any atom is -0.477 e. The van der Waals surface area contributed by atoms with E-state index in [1.165, 1.54) is 12.3 Å². The predicted molar refractivity (Wildman–Crippen MR) is 67.3 cm³/mol. The van der Waals surface area contributed by atoms with Crippen molar-refractivity contribution in [3.8, 4) is 0 Å². The van der Waals surface area contributed by atoms with Gasteiger partial charge in [-0.15, -0.1) is 0 Å². The van der Waals surface area contributed by atoms with Crippen molar-refractivity contribution >= 4 is 16.9 Å². The fraction of sp³-hybridized carbons (Fsp3) is 0.286. The molecule has 1 saturated carbocycles. The minimum atomic E-state index is -1.29. The third-order valence-electron chi connectivity index (χ3n) is 3.44. The summed E-state index contributed by atoms with van der Waals surface area (Å²) in [6.45, 7) is 1.77. The summed E-state index contributed by atoms with van der Waals surface area (Å²) in [5.41, 5.74) is 0.428. The number of aryl methyl sites for hydroxylation is 1. The Labute approximate surface area is 108 Å². The first-order valence-electron chi connectivity index (χ1n) is 5.94. The Morgan fingerprint density at radius 2 is 2.26 bits per heavy atom. The third kappa shape index (κ3) is 1.73. The quantitative estimate of drug-likeness (QED) is 0.899. The molecule has 1 aliphatic carbocycles. The van der Waals surface area contributed by atoms with Crippen LogP contribution in [0.4, 0.5) is 4.39 Å². The Balaban J connectivity index is 2.43. The normalized spacial score (nSPS) is 21.6. The molecule has 19 heavy (non-hydrogen) atoms. The Hall–Kier alpha value is -2.17. The van der Waals surface area contributed by atoms with Crippen molar-refractivity contribution < 1.29 is 14.3 Å². The molecule has 1 aromatic heterocycles. The lowest BCUT2D eigenvalue weighted by atomic mass is 10.1. The SMILES string of the molecule is Cc1[c]ccc2c(=O)c(C(=O)O)cn([C@@H]3C[C@@H]3F)c12. The van der Waals surface area contributed by atoms with E-state index in [4.69, 9.17) is 5.11 Å². The van der Waals surface area contributed by atoms with Gasteiger partial charge >= 0.3 is 5.97 Å². The second-order valence-electron chi connectivity index (χ2n) is 4.77. The van der Waals surface area contributed by atoms with Gasteiger partial charge in [-0.05, 0) is 24.6 Å². The van der Waals surface area contributed by atoms with Gasteiger partial charge in [0.2, 0.25) is 5.43 Å². The van der Waals surface area contributed by atoms with E-state index in [-0.39, 0.29) is 11.6 Å². The number of carboxylic acid groups (broad SMARTS) is 1. The summed E-state index contributed by atoms with van der Waals surface area (Å²) < 4.78 is 14.9. The molecule has 0 amide bonds. The molecule has 1 heterocycles. The number of nitrogens with zero attached hydrogens (tertiary/aromatic N) is 1. The molecule has 2 aromatic rings. The molecule has 5 heteroatoms. The Bertz CT molecular complexity index is 750. The first-order valence-corrected chi connectivity index (χ1v) is 5.94. The van der Waals surface area contributed by atoms with Crippen LogP contribution in [0.15, 0.2) is 23.1 Å². The van der Waals surface area contributed by atoms with Crippen molar-refractivity contribution in [1.29, 1.82) is 0 Å². The maximum absolute atomic E-state index is 13.3. The number of alkyl halides is 1. The maximum Gasteiger partial charge on any atom is 0.341 e. The average molecular weight is 260 g/mol. The molecule has 97 valence electrons. The first-order chi connectivity index (χ1) is 9.00. The van der Waals surface area contributed by atoms with E-state index in [0.717, 1.165) is 0 Å². The van der Waals surface area contributed by atoms with E-state index < -0.39 is 17.6 Å². The summed E-state index contributed by atoms with van der Waals surface area (Å²) in [7, 11) is 0. The van der Waals surface area contributed by atoms with E-state index in [2.05, 4.69) is 6.07 Å². The largest absolute Gasteiger partial charge is 0.477 e. The number of rotatable bonds is 2. The number of halogens is 1. The fourth-order valence-electron chi connectivity index (χ4n) is 2.38. The van der Waals surface area contributed by atoms with Crippen LogP contribution < -0.4 is 5.43 Å². The Kier molecular flexibility index (Phi) is 2.45. The van der Waals surface area contributed by atoms with E-state index in [1.807, 2.05) is 0 Å². The molecular formula is C14H11FNO3. The average Bonchev–Trinajstić information content (AvgIpc) is 3.07. The van der Waals surface area contributed by atoms with Crippen molar-refractivity contribution in [3.05, 3.63) is 45.7 Å². The number of carboxylic acids is 1. The Morgan fingerprint density at radius 3 is 2.84 bits per heavy atom. The standard InChI is InChI=1S/C14H11FNO3/c1-7-3-2-4-8-12(7)16(11-5-10(11)15)6-9(13(8)17)14(18)19/h2,4,6,10-11H,5H2,1H3,(H,18,19)/t10-,11+/m0/s1. The molecule has 1 N–H and O–H groups in total. The minimum absolute atomic E-state index is 0.301. The summed E-state index contributed by atoms with van der Waals surface area (Å²) in [5.74, 6) is -1.29. The highest BCUT2D eigenvalue weighted by Gasteiger charge is 2.40. The molecule has 1 radical (unpaired) electrons. The summed E-state index contributed by atoms with van der Waals surface area (Å²) in [5, 5.41) is 9.37. The maximum atomic E-state index is 13.3. The molecule has 4 nitrogen and oxygen atoms in total. The zero-order valence-corrected chi connectivity index (χ0v) is 10.2. The van der Waals surface area contributed by atoms with Gasteiger partial charge in [0.15, 0.2) is 0 Å². The highest BCUT2D eigenvalue weighted by atomic mass is 19.1. The zero-order valence-electron chi connectivity index (χ0n) is 10.2. The molecule has 1 aromatic carbocycles. The molecule has 0 bridgehead atoms. The highest BCUT2D eigenvalue weighted by Crippen LogP contribution is 2.40. The van der Waals surface area contributed by atoms with Gasteiger partial charge in [-0.25, -0.2) is 9.18 Å². The topological polar surface area (TPSA) is 59.3 Å². The Morgan fingerprint density at radius 1 is 1.58 bits per heavy atom. The zero-order chi connectivity index (χ0) is 13.7. The van der Waals surface area contributed by atoms with Crippen LogP contribution >= 0.6 is 0 Å². The van der Waals surface area contributed by atoms with Crippen LogP contribution in [-0.2, 0) is 0 Å². The predicted octanol–water partition coefficient (Wildman–Crippen LogP) is 2.09. The van der Waals surface area contributed by atoms with Crippen LogP contribution in [0.5, 0.6) is 0 Å². The lowest BCUT2D eigenvalue weighted by molar-refractivity contribution is 0.0694. The smallest absolute Gasteiger partial charge is 0.341 e. The van der Waals surface area contributed by atoms with Crippen LogP contribution in [0.2, 0.25) is 0 Å². The molecule has 1 fully saturated rings. The molecule has 2 atom stereocenters. The van der Waals surface area contributed by atoms with Crippen LogP contribution in [0, 0.1) is 13.0 Å². The van der Waals surface area contributed by atoms with Gasteiger partial charge in [0.25, 0.3) is 0 Å². The van der Waals surface area contributed by atoms with E-state index in [1.54, 1.807) is 17.6 Å². The van der Waals surface area contributed by atoms with Crippen LogP contribution in [0.1, 0.15) is 28.4 Å². The number of fused-ring (bicyclic) bond motifs is 1. The molecular weight excluding hydrogens is 249 g/mol. The van der Waals surface area contributed by atoms with Gasteiger partial charge in [-0.2, -0.15) is 0 Å². The van der Waals surface area contributed by atoms with Gasteiger partial charge in [-0.3, -0.25) is 4.79 Å². The van der Waals surface area contributed by atoms with Crippen molar-refractivity contribution in [3.63, 3.8) is 0 Å². The molecule has 0 aliphatic heterocycles. The van der Waals surface area contributed by atoms with E-state index >= 15 is 0 Å². The van der Waals surface area contributed by atoms with Crippen LogP contribution in [-0.4, -0.2) is 21.8 Å². The second-order valence-corrected chi connectivity index (χ2v) is 4.77. The summed E-state index contributed by atoms with van der Waals surface area (Å²) in [4.78, 5) is 23.2. The van der Waals surface area contributed by atoms with E-state index in [0.29, 0.717) is 22.9 Å². The van der Waals surface area contributed by atoms with Crippen LogP contribution in [0.3, 0.4) is 0 Å². The molecule has 1 aliphatic rings. The summed E-state index contributed by atoms with van der Waals surface area (Å²) in [6, 6.07) is 5.69. The van der Waals surface area contributed by atoms with Gasteiger partial charge in [-0.1, -0.05) is 6.07 Å². The van der Waals surface area contributed by atoms with Crippen LogP contribution in [0.25, 0.3) is 10.9 Å².